The molecule has 0 N–H and O–H groups in total. The molecule has 124 valence electrons. The number of benzene rings is 1. The molecule has 2 aromatic heterocycles. The average molecular weight is 338 g/mol. The van der Waals surface area contributed by atoms with Crippen LogP contribution >= 0.6 is 11.3 Å². The van der Waals surface area contributed by atoms with E-state index in [4.69, 9.17) is 0 Å². The van der Waals surface area contributed by atoms with Gasteiger partial charge < -0.3 is 4.90 Å². The second-order valence-corrected chi connectivity index (χ2v) is 7.31. The Morgan fingerprint density at radius 1 is 1.08 bits per heavy atom. The fourth-order valence-electron chi connectivity index (χ4n) is 3.40. The summed E-state index contributed by atoms with van der Waals surface area (Å²) in [7, 11) is 0. The molecule has 0 saturated carbocycles. The Morgan fingerprint density at radius 2 is 1.96 bits per heavy atom. The zero-order valence-corrected chi connectivity index (χ0v) is 14.7. The van der Waals surface area contributed by atoms with Crippen molar-refractivity contribution in [1.82, 2.24) is 14.9 Å². The standard InChI is InChI=1S/C19H22N4S/c1-15-7-9-22(18-17-8-12-24-19(17)21-14-20-18)10-11-23(15)13-16-5-3-2-4-6-16/h2-6,8,12,14-15H,7,9-11,13H2,1H3. The molecule has 1 aliphatic heterocycles. The van der Waals surface area contributed by atoms with E-state index in [-0.39, 0.29) is 0 Å². The molecule has 1 saturated heterocycles. The van der Waals surface area contributed by atoms with Gasteiger partial charge in [0.2, 0.25) is 0 Å². The second-order valence-electron chi connectivity index (χ2n) is 6.42. The summed E-state index contributed by atoms with van der Waals surface area (Å²) in [5.41, 5.74) is 1.39. The van der Waals surface area contributed by atoms with Crippen LogP contribution in [0.4, 0.5) is 5.82 Å². The van der Waals surface area contributed by atoms with Crippen molar-refractivity contribution in [2.24, 2.45) is 0 Å². The first-order valence-corrected chi connectivity index (χ1v) is 9.40. The Labute approximate surface area is 146 Å². The molecule has 4 rings (SSSR count). The van der Waals surface area contributed by atoms with E-state index in [0.29, 0.717) is 6.04 Å². The summed E-state index contributed by atoms with van der Waals surface area (Å²) < 4.78 is 0. The molecule has 3 heterocycles. The minimum absolute atomic E-state index is 0.579. The number of anilines is 1. The van der Waals surface area contributed by atoms with E-state index < -0.39 is 0 Å². The van der Waals surface area contributed by atoms with Crippen LogP contribution < -0.4 is 4.90 Å². The second kappa shape index (κ2) is 6.87. The van der Waals surface area contributed by atoms with Crippen molar-refractivity contribution in [3.05, 3.63) is 53.7 Å². The van der Waals surface area contributed by atoms with E-state index in [1.807, 2.05) is 0 Å². The normalized spacial score (nSPS) is 19.5. The monoisotopic (exact) mass is 338 g/mol. The first kappa shape index (κ1) is 15.5. The maximum Gasteiger partial charge on any atom is 0.140 e. The summed E-state index contributed by atoms with van der Waals surface area (Å²) in [6.07, 6.45) is 2.85. The fraction of sp³-hybridized carbons (Fsp3) is 0.368. The van der Waals surface area contributed by atoms with Crippen LogP contribution in [0, 0.1) is 0 Å². The lowest BCUT2D eigenvalue weighted by molar-refractivity contribution is 0.212. The van der Waals surface area contributed by atoms with Crippen molar-refractivity contribution in [3.8, 4) is 0 Å². The molecule has 4 nitrogen and oxygen atoms in total. The number of nitrogens with zero attached hydrogens (tertiary/aromatic N) is 4. The Hall–Kier alpha value is -1.98. The van der Waals surface area contributed by atoms with Crippen molar-refractivity contribution in [1.29, 1.82) is 0 Å². The van der Waals surface area contributed by atoms with Gasteiger partial charge in [-0.2, -0.15) is 0 Å². The Kier molecular flexibility index (Phi) is 4.45. The molecule has 0 spiro atoms. The number of rotatable bonds is 3. The van der Waals surface area contributed by atoms with Crippen LogP contribution in [0.3, 0.4) is 0 Å². The molecular formula is C19H22N4S. The van der Waals surface area contributed by atoms with Crippen LogP contribution in [0.1, 0.15) is 18.9 Å². The molecule has 5 heteroatoms. The highest BCUT2D eigenvalue weighted by molar-refractivity contribution is 7.16. The van der Waals surface area contributed by atoms with Crippen molar-refractivity contribution >= 4 is 27.4 Å². The summed E-state index contributed by atoms with van der Waals surface area (Å²) in [6.45, 7) is 6.49. The lowest BCUT2D eigenvalue weighted by Gasteiger charge is -2.26. The predicted molar refractivity (Wildman–Crippen MR) is 101 cm³/mol. The SMILES string of the molecule is CC1CCN(c2ncnc3sccc23)CCN1Cc1ccccc1. The van der Waals surface area contributed by atoms with Crippen LogP contribution in [0.2, 0.25) is 0 Å². The highest BCUT2D eigenvalue weighted by atomic mass is 32.1. The van der Waals surface area contributed by atoms with Crippen molar-refractivity contribution < 1.29 is 0 Å². The third kappa shape index (κ3) is 3.14. The van der Waals surface area contributed by atoms with Gasteiger partial charge in [0.15, 0.2) is 0 Å². The van der Waals surface area contributed by atoms with Crippen molar-refractivity contribution in [3.63, 3.8) is 0 Å². The number of thiophene rings is 1. The molecule has 1 fully saturated rings. The summed E-state index contributed by atoms with van der Waals surface area (Å²) in [4.78, 5) is 15.1. The van der Waals surface area contributed by atoms with Crippen LogP contribution in [0.15, 0.2) is 48.1 Å². The number of aromatic nitrogens is 2. The van der Waals surface area contributed by atoms with Gasteiger partial charge in [-0.15, -0.1) is 11.3 Å². The first-order valence-electron chi connectivity index (χ1n) is 8.52. The third-order valence-electron chi connectivity index (χ3n) is 4.87. The van der Waals surface area contributed by atoms with Gasteiger partial charge in [0.25, 0.3) is 0 Å². The molecule has 0 aliphatic carbocycles. The van der Waals surface area contributed by atoms with E-state index in [1.54, 1.807) is 17.7 Å². The van der Waals surface area contributed by atoms with E-state index in [2.05, 4.69) is 68.5 Å². The molecule has 1 unspecified atom stereocenters. The van der Waals surface area contributed by atoms with Gasteiger partial charge in [-0.1, -0.05) is 30.3 Å². The first-order chi connectivity index (χ1) is 11.8. The van der Waals surface area contributed by atoms with Gasteiger partial charge in [0, 0.05) is 32.2 Å². The number of hydrogen-bond donors (Lipinski definition) is 0. The Bertz CT molecular complexity index is 801. The van der Waals surface area contributed by atoms with Crippen LogP contribution in [-0.4, -0.2) is 40.5 Å². The molecular weight excluding hydrogens is 316 g/mol. The number of fused-ring (bicyclic) bond motifs is 1. The van der Waals surface area contributed by atoms with Gasteiger partial charge in [-0.05, 0) is 30.4 Å². The predicted octanol–water partition coefficient (Wildman–Crippen LogP) is 3.79. The lowest BCUT2D eigenvalue weighted by Crippen LogP contribution is -2.34. The Morgan fingerprint density at radius 3 is 2.83 bits per heavy atom. The third-order valence-corrected chi connectivity index (χ3v) is 5.69. The minimum atomic E-state index is 0.579. The molecule has 1 aromatic carbocycles. The largest absolute Gasteiger partial charge is 0.355 e. The highest BCUT2D eigenvalue weighted by Crippen LogP contribution is 2.28. The highest BCUT2D eigenvalue weighted by Gasteiger charge is 2.23. The van der Waals surface area contributed by atoms with Gasteiger partial charge in [0.1, 0.15) is 17.0 Å². The zero-order chi connectivity index (χ0) is 16.4. The van der Waals surface area contributed by atoms with Crippen LogP contribution in [-0.2, 0) is 6.54 Å². The lowest BCUT2D eigenvalue weighted by atomic mass is 10.1. The quantitative estimate of drug-likeness (QED) is 0.727. The number of hydrogen-bond acceptors (Lipinski definition) is 5. The molecule has 1 aliphatic rings. The fourth-order valence-corrected chi connectivity index (χ4v) is 4.13. The van der Waals surface area contributed by atoms with Crippen molar-refractivity contribution in [2.75, 3.05) is 24.5 Å². The average Bonchev–Trinajstić information content (AvgIpc) is 3.03. The zero-order valence-electron chi connectivity index (χ0n) is 13.9. The molecule has 1 atom stereocenters. The van der Waals surface area contributed by atoms with E-state index >= 15 is 0 Å². The molecule has 3 aromatic rings. The van der Waals surface area contributed by atoms with Gasteiger partial charge in [0.05, 0.1) is 5.39 Å². The Balaban J connectivity index is 1.52. The van der Waals surface area contributed by atoms with E-state index in [1.165, 1.54) is 10.9 Å². The maximum absolute atomic E-state index is 4.58. The minimum Gasteiger partial charge on any atom is -0.355 e. The summed E-state index contributed by atoms with van der Waals surface area (Å²) in [5, 5.41) is 3.29. The van der Waals surface area contributed by atoms with Gasteiger partial charge in [-0.25, -0.2) is 9.97 Å². The molecule has 0 bridgehead atoms. The maximum atomic E-state index is 4.58. The molecule has 0 radical (unpaired) electrons. The van der Waals surface area contributed by atoms with Gasteiger partial charge >= 0.3 is 0 Å². The smallest absolute Gasteiger partial charge is 0.140 e. The van der Waals surface area contributed by atoms with E-state index in [0.717, 1.165) is 43.2 Å². The summed E-state index contributed by atoms with van der Waals surface area (Å²) in [5.74, 6) is 1.09. The summed E-state index contributed by atoms with van der Waals surface area (Å²) in [6, 6.07) is 13.5. The molecule has 24 heavy (non-hydrogen) atoms. The molecule has 0 amide bonds. The van der Waals surface area contributed by atoms with Gasteiger partial charge in [-0.3, -0.25) is 4.90 Å². The van der Waals surface area contributed by atoms with Crippen LogP contribution in [0.5, 0.6) is 0 Å². The summed E-state index contributed by atoms with van der Waals surface area (Å²) >= 11 is 1.69. The van der Waals surface area contributed by atoms with E-state index in [9.17, 15) is 0 Å². The van der Waals surface area contributed by atoms with Crippen LogP contribution in [0.25, 0.3) is 10.2 Å². The topological polar surface area (TPSA) is 32.3 Å². The van der Waals surface area contributed by atoms with Crippen molar-refractivity contribution in [2.45, 2.75) is 25.9 Å².